The molecule has 70 heavy (non-hydrogen) atoms. The van der Waals surface area contributed by atoms with E-state index in [0.29, 0.717) is 25.9 Å². The quantitative estimate of drug-likeness (QED) is 0.0321. The van der Waals surface area contributed by atoms with Gasteiger partial charge in [-0.25, -0.2) is 0 Å². The number of aliphatic hydroxyl groups is 2. The second-order valence-electron chi connectivity index (χ2n) is 21.4. The molecule has 2 unspecified atom stereocenters. The van der Waals surface area contributed by atoms with Crippen LogP contribution in [0.5, 0.6) is 0 Å². The zero-order valence-electron chi connectivity index (χ0n) is 47.0. The summed E-state index contributed by atoms with van der Waals surface area (Å²) in [6.45, 7) is 4.89. The molecular weight excluding hydrogens is 863 g/mol. The van der Waals surface area contributed by atoms with E-state index in [1.165, 1.54) is 218 Å². The van der Waals surface area contributed by atoms with Crippen molar-refractivity contribution in [1.82, 2.24) is 5.32 Å². The lowest BCUT2D eigenvalue weighted by molar-refractivity contribution is -0.143. The van der Waals surface area contributed by atoms with E-state index in [-0.39, 0.29) is 18.5 Å². The number of nitrogens with one attached hydrogen (secondary N) is 1. The Balaban J connectivity index is 3.47. The van der Waals surface area contributed by atoms with Crippen LogP contribution in [0.15, 0.2) is 36.5 Å². The summed E-state index contributed by atoms with van der Waals surface area (Å²) in [5.41, 5.74) is 0. The first-order valence-corrected chi connectivity index (χ1v) is 31.2. The van der Waals surface area contributed by atoms with E-state index in [2.05, 4.69) is 55.6 Å². The molecule has 0 aliphatic heterocycles. The van der Waals surface area contributed by atoms with Crippen molar-refractivity contribution in [2.45, 2.75) is 347 Å². The van der Waals surface area contributed by atoms with Crippen molar-refractivity contribution in [3.05, 3.63) is 36.5 Å². The number of carbonyl (C=O) groups excluding carboxylic acids is 2. The minimum absolute atomic E-state index is 0.0241. The van der Waals surface area contributed by atoms with Crippen LogP contribution in [0.1, 0.15) is 335 Å². The van der Waals surface area contributed by atoms with Crippen LogP contribution in [0, 0.1) is 0 Å². The Hall–Kier alpha value is -1.92. The van der Waals surface area contributed by atoms with Crippen LogP contribution in [0.25, 0.3) is 0 Å². The Kier molecular flexibility index (Phi) is 58.0. The number of rotatable bonds is 58. The zero-order chi connectivity index (χ0) is 50.7. The number of hydrogen-bond donors (Lipinski definition) is 3. The maximum absolute atomic E-state index is 12.5. The summed E-state index contributed by atoms with van der Waals surface area (Å²) >= 11 is 0. The fraction of sp³-hybridized carbons (Fsp3) is 0.875. The molecule has 0 radical (unpaired) electrons. The van der Waals surface area contributed by atoms with Crippen LogP contribution >= 0.6 is 0 Å². The lowest BCUT2D eigenvalue weighted by Gasteiger charge is -2.22. The van der Waals surface area contributed by atoms with Gasteiger partial charge >= 0.3 is 5.97 Å². The van der Waals surface area contributed by atoms with Gasteiger partial charge in [0.15, 0.2) is 0 Å². The maximum atomic E-state index is 12.5. The van der Waals surface area contributed by atoms with Crippen molar-refractivity contribution in [3.63, 3.8) is 0 Å². The SMILES string of the molecule is CCCC/C=C\C/C=C\CCCCCCCC(=O)OCCCCCC/C=C\CCCCCCCCCC(=O)NC(CO)C(O)CCCCCCCCCCCCCCCCCCCCCCCCCC. The Morgan fingerprint density at radius 1 is 0.400 bits per heavy atom. The monoisotopic (exact) mass is 984 g/mol. The average Bonchev–Trinajstić information content (AvgIpc) is 3.36. The normalized spacial score (nSPS) is 12.8. The highest BCUT2D eigenvalue weighted by Crippen LogP contribution is 2.18. The zero-order valence-corrected chi connectivity index (χ0v) is 47.0. The van der Waals surface area contributed by atoms with Crippen LogP contribution in [0.2, 0.25) is 0 Å². The van der Waals surface area contributed by atoms with Gasteiger partial charge in [0.2, 0.25) is 5.91 Å². The smallest absolute Gasteiger partial charge is 0.305 e. The van der Waals surface area contributed by atoms with Gasteiger partial charge < -0.3 is 20.3 Å². The molecule has 0 saturated carbocycles. The largest absolute Gasteiger partial charge is 0.466 e. The van der Waals surface area contributed by atoms with Gasteiger partial charge in [-0.15, -0.1) is 0 Å². The van der Waals surface area contributed by atoms with Gasteiger partial charge in [-0.1, -0.05) is 281 Å². The molecule has 0 aromatic rings. The molecule has 6 heteroatoms. The van der Waals surface area contributed by atoms with Crippen molar-refractivity contribution in [2.75, 3.05) is 13.2 Å². The van der Waals surface area contributed by atoms with Gasteiger partial charge in [-0.05, 0) is 77.0 Å². The van der Waals surface area contributed by atoms with Gasteiger partial charge in [-0.3, -0.25) is 9.59 Å². The van der Waals surface area contributed by atoms with Crippen molar-refractivity contribution in [3.8, 4) is 0 Å². The second-order valence-corrected chi connectivity index (χ2v) is 21.4. The number of hydrogen-bond acceptors (Lipinski definition) is 5. The van der Waals surface area contributed by atoms with Crippen molar-refractivity contribution < 1.29 is 24.5 Å². The molecule has 0 aliphatic carbocycles. The molecule has 0 aromatic carbocycles. The molecule has 2 atom stereocenters. The molecular formula is C64H121NO5. The van der Waals surface area contributed by atoms with E-state index in [0.717, 1.165) is 83.5 Å². The standard InChI is InChI=1S/C64H121NO5/c1-3-5-7-9-11-13-15-17-19-20-21-22-23-24-25-26-27-29-32-36-40-44-48-52-56-62(67)61(60-66)65-63(68)57-53-49-45-41-37-33-30-28-31-35-39-43-47-51-55-59-70-64(69)58-54-50-46-42-38-34-18-16-14-12-10-8-6-4-2/h10,12,16,18,31,35,61-62,66-67H,3-9,11,13-15,17,19-30,32-34,36-60H2,1-2H3,(H,65,68)/b12-10-,18-16-,35-31-. The predicted octanol–water partition coefficient (Wildman–Crippen LogP) is 19.6. The third-order valence-corrected chi connectivity index (χ3v) is 14.4. The first kappa shape index (κ1) is 68.1. The first-order valence-electron chi connectivity index (χ1n) is 31.2. The van der Waals surface area contributed by atoms with E-state index in [1.807, 2.05) is 0 Å². The molecule has 0 rings (SSSR count). The summed E-state index contributed by atoms with van der Waals surface area (Å²) in [4.78, 5) is 24.6. The van der Waals surface area contributed by atoms with Crippen LogP contribution in [-0.2, 0) is 14.3 Å². The van der Waals surface area contributed by atoms with Gasteiger partial charge in [-0.2, -0.15) is 0 Å². The molecule has 1 amide bonds. The number of ether oxygens (including phenoxy) is 1. The van der Waals surface area contributed by atoms with E-state index in [9.17, 15) is 19.8 Å². The van der Waals surface area contributed by atoms with Crippen LogP contribution < -0.4 is 5.32 Å². The van der Waals surface area contributed by atoms with E-state index in [1.54, 1.807) is 0 Å². The third-order valence-electron chi connectivity index (χ3n) is 14.4. The highest BCUT2D eigenvalue weighted by atomic mass is 16.5. The van der Waals surface area contributed by atoms with Crippen LogP contribution in [-0.4, -0.2) is 47.4 Å². The summed E-state index contributed by atoms with van der Waals surface area (Å²) in [6, 6.07) is -0.555. The minimum Gasteiger partial charge on any atom is -0.466 e. The number of allylic oxidation sites excluding steroid dienone is 6. The molecule has 0 aromatic heterocycles. The summed E-state index contributed by atoms with van der Waals surface area (Å²) in [5, 5.41) is 23.4. The minimum atomic E-state index is -0.677. The summed E-state index contributed by atoms with van der Waals surface area (Å²) in [6.07, 6.45) is 74.3. The molecule has 0 bridgehead atoms. The number of aliphatic hydroxyl groups excluding tert-OH is 2. The lowest BCUT2D eigenvalue weighted by atomic mass is 10.0. The number of amides is 1. The average molecular weight is 985 g/mol. The highest BCUT2D eigenvalue weighted by Gasteiger charge is 2.20. The summed E-state index contributed by atoms with van der Waals surface area (Å²) < 4.78 is 5.45. The Morgan fingerprint density at radius 2 is 0.729 bits per heavy atom. The fourth-order valence-electron chi connectivity index (χ4n) is 9.59. The number of carbonyl (C=O) groups is 2. The lowest BCUT2D eigenvalue weighted by Crippen LogP contribution is -2.45. The van der Waals surface area contributed by atoms with Crippen molar-refractivity contribution in [2.24, 2.45) is 0 Å². The van der Waals surface area contributed by atoms with Gasteiger partial charge in [0.05, 0.1) is 25.4 Å². The molecule has 0 fully saturated rings. The number of unbranched alkanes of at least 4 members (excludes halogenated alkanes) is 41. The Labute approximate surface area is 436 Å². The van der Waals surface area contributed by atoms with E-state index in [4.69, 9.17) is 4.74 Å². The highest BCUT2D eigenvalue weighted by molar-refractivity contribution is 5.76. The topological polar surface area (TPSA) is 95.9 Å². The van der Waals surface area contributed by atoms with Crippen LogP contribution in [0.3, 0.4) is 0 Å². The van der Waals surface area contributed by atoms with Crippen molar-refractivity contribution in [1.29, 1.82) is 0 Å². The third kappa shape index (κ3) is 55.4. The van der Waals surface area contributed by atoms with E-state index >= 15 is 0 Å². The molecule has 0 heterocycles. The Bertz CT molecular complexity index is 1130. The summed E-state index contributed by atoms with van der Waals surface area (Å²) in [5.74, 6) is -0.0720. The maximum Gasteiger partial charge on any atom is 0.305 e. The molecule has 3 N–H and O–H groups in total. The predicted molar refractivity (Wildman–Crippen MR) is 306 cm³/mol. The Morgan fingerprint density at radius 3 is 1.14 bits per heavy atom. The molecule has 0 aliphatic rings. The molecule has 0 saturated heterocycles. The van der Waals surface area contributed by atoms with Crippen LogP contribution in [0.4, 0.5) is 0 Å². The van der Waals surface area contributed by atoms with Gasteiger partial charge in [0.1, 0.15) is 0 Å². The molecule has 412 valence electrons. The second kappa shape index (κ2) is 59.6. The van der Waals surface area contributed by atoms with Gasteiger partial charge in [0, 0.05) is 12.8 Å². The number of esters is 1. The fourth-order valence-corrected chi connectivity index (χ4v) is 9.59. The van der Waals surface area contributed by atoms with Gasteiger partial charge in [0.25, 0.3) is 0 Å². The first-order chi connectivity index (χ1) is 34.5. The van der Waals surface area contributed by atoms with E-state index < -0.39 is 12.1 Å². The molecule has 6 nitrogen and oxygen atoms in total. The summed E-state index contributed by atoms with van der Waals surface area (Å²) in [7, 11) is 0. The molecule has 0 spiro atoms. The van der Waals surface area contributed by atoms with Crippen molar-refractivity contribution >= 4 is 11.9 Å².